The lowest BCUT2D eigenvalue weighted by molar-refractivity contribution is -0.121. The lowest BCUT2D eigenvalue weighted by Crippen LogP contribution is -2.32. The summed E-state index contributed by atoms with van der Waals surface area (Å²) in [5, 5.41) is 6.88. The van der Waals surface area contributed by atoms with Crippen LogP contribution in [-0.2, 0) is 14.8 Å². The van der Waals surface area contributed by atoms with E-state index in [1.54, 1.807) is 11.0 Å². The normalized spacial score (nSPS) is 12.5. The molecule has 0 aliphatic carbocycles. The first kappa shape index (κ1) is 20.6. The molecule has 0 fully saturated rings. The van der Waals surface area contributed by atoms with Crippen LogP contribution in [0.1, 0.15) is 24.9 Å². The molecular formula is C19H20FN5O3S. The molecule has 2 N–H and O–H groups in total. The second-order valence-corrected chi connectivity index (χ2v) is 8.09. The highest BCUT2D eigenvalue weighted by molar-refractivity contribution is 7.89. The zero-order valence-electron chi connectivity index (χ0n) is 15.6. The molecule has 0 radical (unpaired) electrons. The van der Waals surface area contributed by atoms with Crippen molar-refractivity contribution in [2.24, 2.45) is 0 Å². The third kappa shape index (κ3) is 5.46. The Morgan fingerprint density at radius 2 is 1.83 bits per heavy atom. The number of sulfonamides is 1. The van der Waals surface area contributed by atoms with Crippen LogP contribution in [0, 0.1) is 5.82 Å². The van der Waals surface area contributed by atoms with Crippen LogP contribution in [0.25, 0.3) is 5.69 Å². The maximum atomic E-state index is 12.9. The minimum absolute atomic E-state index is 0.0260. The molecule has 1 atom stereocenters. The van der Waals surface area contributed by atoms with Crippen molar-refractivity contribution in [3.63, 3.8) is 0 Å². The highest BCUT2D eigenvalue weighted by Gasteiger charge is 2.15. The summed E-state index contributed by atoms with van der Waals surface area (Å²) in [5.41, 5.74) is 1.74. The van der Waals surface area contributed by atoms with Gasteiger partial charge in [-0.2, -0.15) is 5.10 Å². The lowest BCUT2D eigenvalue weighted by Gasteiger charge is -2.15. The molecule has 0 saturated carbocycles. The Kier molecular flexibility index (Phi) is 6.35. The monoisotopic (exact) mass is 417 g/mol. The van der Waals surface area contributed by atoms with Gasteiger partial charge in [0.25, 0.3) is 0 Å². The largest absolute Gasteiger partial charge is 0.350 e. The predicted octanol–water partition coefficient (Wildman–Crippen LogP) is 1.95. The second kappa shape index (κ2) is 8.93. The number of nitrogens with zero attached hydrogens (tertiary/aromatic N) is 3. The van der Waals surface area contributed by atoms with Gasteiger partial charge in [0.15, 0.2) is 0 Å². The maximum absolute atomic E-state index is 12.9. The number of carbonyl (C=O) groups excluding carboxylic acids is 1. The lowest BCUT2D eigenvalue weighted by atomic mass is 10.1. The van der Waals surface area contributed by atoms with Crippen LogP contribution in [0.5, 0.6) is 0 Å². The molecule has 2 aromatic carbocycles. The van der Waals surface area contributed by atoms with E-state index in [9.17, 15) is 17.6 Å². The number of amides is 1. The fraction of sp³-hybridized carbons (Fsp3) is 0.211. The van der Waals surface area contributed by atoms with Crippen LogP contribution in [-0.4, -0.2) is 35.6 Å². The summed E-state index contributed by atoms with van der Waals surface area (Å²) >= 11 is 0. The molecule has 10 heteroatoms. The Hall–Kier alpha value is -3.11. The van der Waals surface area contributed by atoms with Gasteiger partial charge in [0.1, 0.15) is 18.5 Å². The van der Waals surface area contributed by atoms with Gasteiger partial charge in [-0.05, 0) is 48.9 Å². The molecule has 29 heavy (non-hydrogen) atoms. The minimum atomic E-state index is -3.79. The summed E-state index contributed by atoms with van der Waals surface area (Å²) < 4.78 is 41.1. The summed E-state index contributed by atoms with van der Waals surface area (Å²) in [5.74, 6) is -0.814. The quantitative estimate of drug-likeness (QED) is 0.583. The van der Waals surface area contributed by atoms with Gasteiger partial charge < -0.3 is 5.32 Å². The van der Waals surface area contributed by atoms with Gasteiger partial charge >= 0.3 is 0 Å². The van der Waals surface area contributed by atoms with Crippen molar-refractivity contribution in [3.8, 4) is 5.69 Å². The van der Waals surface area contributed by atoms with Crippen LogP contribution in [0.15, 0.2) is 66.1 Å². The van der Waals surface area contributed by atoms with E-state index < -0.39 is 15.8 Å². The Balaban J connectivity index is 1.49. The number of hydrogen-bond acceptors (Lipinski definition) is 5. The Morgan fingerprint density at radius 1 is 1.14 bits per heavy atom. The Morgan fingerprint density at radius 3 is 2.45 bits per heavy atom. The SMILES string of the molecule is CC(NC(=O)CCNS(=O)(=O)c1ccc(F)cc1)c1ccc(-n2cncn2)cc1. The molecule has 152 valence electrons. The molecule has 0 spiro atoms. The molecule has 1 unspecified atom stereocenters. The molecule has 0 bridgehead atoms. The van der Waals surface area contributed by atoms with Crippen molar-refractivity contribution in [2.45, 2.75) is 24.3 Å². The smallest absolute Gasteiger partial charge is 0.240 e. The highest BCUT2D eigenvalue weighted by atomic mass is 32.2. The maximum Gasteiger partial charge on any atom is 0.240 e. The van der Waals surface area contributed by atoms with E-state index in [0.29, 0.717) is 0 Å². The zero-order chi connectivity index (χ0) is 20.9. The van der Waals surface area contributed by atoms with E-state index in [1.807, 2.05) is 31.2 Å². The summed E-state index contributed by atoms with van der Waals surface area (Å²) in [7, 11) is -3.79. The number of rotatable bonds is 8. The van der Waals surface area contributed by atoms with Crippen molar-refractivity contribution in [3.05, 3.63) is 72.6 Å². The molecule has 0 aliphatic heterocycles. The van der Waals surface area contributed by atoms with Gasteiger partial charge in [0.05, 0.1) is 16.6 Å². The topological polar surface area (TPSA) is 106 Å². The van der Waals surface area contributed by atoms with E-state index >= 15 is 0 Å². The van der Waals surface area contributed by atoms with Gasteiger partial charge in [-0.3, -0.25) is 4.79 Å². The predicted molar refractivity (Wildman–Crippen MR) is 104 cm³/mol. The minimum Gasteiger partial charge on any atom is -0.350 e. The van der Waals surface area contributed by atoms with E-state index in [1.165, 1.54) is 18.5 Å². The van der Waals surface area contributed by atoms with Crippen LogP contribution in [0.4, 0.5) is 4.39 Å². The molecule has 8 nitrogen and oxygen atoms in total. The van der Waals surface area contributed by atoms with Crippen molar-refractivity contribution in [1.82, 2.24) is 24.8 Å². The van der Waals surface area contributed by atoms with Gasteiger partial charge in [-0.15, -0.1) is 0 Å². The first-order valence-corrected chi connectivity index (χ1v) is 10.3. The fourth-order valence-electron chi connectivity index (χ4n) is 2.65. The molecule has 3 aromatic rings. The summed E-state index contributed by atoms with van der Waals surface area (Å²) in [6.45, 7) is 1.77. The summed E-state index contributed by atoms with van der Waals surface area (Å²) in [6, 6.07) is 11.7. The molecule has 0 aliphatic rings. The molecule has 3 rings (SSSR count). The van der Waals surface area contributed by atoms with Crippen molar-refractivity contribution >= 4 is 15.9 Å². The highest BCUT2D eigenvalue weighted by Crippen LogP contribution is 2.15. The van der Waals surface area contributed by atoms with Gasteiger partial charge in [-0.1, -0.05) is 12.1 Å². The number of nitrogens with one attached hydrogen (secondary N) is 2. The van der Waals surface area contributed by atoms with E-state index in [-0.39, 0.29) is 29.8 Å². The van der Waals surface area contributed by atoms with Crippen molar-refractivity contribution < 1.29 is 17.6 Å². The van der Waals surface area contributed by atoms with Crippen LogP contribution >= 0.6 is 0 Å². The number of aromatic nitrogens is 3. The van der Waals surface area contributed by atoms with Gasteiger partial charge in [0, 0.05) is 13.0 Å². The van der Waals surface area contributed by atoms with E-state index in [0.717, 1.165) is 23.4 Å². The van der Waals surface area contributed by atoms with Crippen molar-refractivity contribution in [2.75, 3.05) is 6.54 Å². The first-order chi connectivity index (χ1) is 13.8. The van der Waals surface area contributed by atoms with Crippen molar-refractivity contribution in [1.29, 1.82) is 0 Å². The Bertz CT molecular complexity index is 1050. The fourth-order valence-corrected chi connectivity index (χ4v) is 3.68. The van der Waals surface area contributed by atoms with E-state index in [2.05, 4.69) is 20.1 Å². The first-order valence-electron chi connectivity index (χ1n) is 8.85. The molecule has 1 amide bonds. The number of benzene rings is 2. The summed E-state index contributed by atoms with van der Waals surface area (Å²) in [4.78, 5) is 16.0. The molecule has 0 saturated heterocycles. The molecule has 1 aromatic heterocycles. The molecule has 1 heterocycles. The second-order valence-electron chi connectivity index (χ2n) is 6.32. The van der Waals surface area contributed by atoms with Crippen LogP contribution in [0.3, 0.4) is 0 Å². The van der Waals surface area contributed by atoms with Crippen LogP contribution in [0.2, 0.25) is 0 Å². The third-order valence-corrected chi connectivity index (χ3v) is 5.70. The zero-order valence-corrected chi connectivity index (χ0v) is 16.4. The number of halogens is 1. The van der Waals surface area contributed by atoms with Crippen LogP contribution < -0.4 is 10.0 Å². The van der Waals surface area contributed by atoms with E-state index in [4.69, 9.17) is 0 Å². The Labute approximate surface area is 167 Å². The average molecular weight is 417 g/mol. The van der Waals surface area contributed by atoms with Gasteiger partial charge in [-0.25, -0.2) is 27.2 Å². The third-order valence-electron chi connectivity index (χ3n) is 4.22. The number of hydrogen-bond donors (Lipinski definition) is 2. The van der Waals surface area contributed by atoms with Gasteiger partial charge in [0.2, 0.25) is 15.9 Å². The molecular weight excluding hydrogens is 397 g/mol. The number of carbonyl (C=O) groups is 1. The standard InChI is InChI=1S/C19H20FN5O3S/c1-14(15-2-6-17(7-3-15)25-13-21-12-22-25)24-19(26)10-11-23-29(27,28)18-8-4-16(20)5-9-18/h2-9,12-14,23H,10-11H2,1H3,(H,24,26). The average Bonchev–Trinajstić information content (AvgIpc) is 3.23. The summed E-state index contributed by atoms with van der Waals surface area (Å²) in [6.07, 6.45) is 3.01.